The lowest BCUT2D eigenvalue weighted by Crippen LogP contribution is -3.09. The first kappa shape index (κ1) is 20.9. The van der Waals surface area contributed by atoms with Gasteiger partial charge in [0.1, 0.15) is 0 Å². The fraction of sp³-hybridized carbons (Fsp3) is 1.00. The van der Waals surface area contributed by atoms with Crippen LogP contribution in [0.4, 0.5) is 0 Å². The van der Waals surface area contributed by atoms with Crippen molar-refractivity contribution in [3.05, 3.63) is 0 Å². The van der Waals surface area contributed by atoms with Crippen LogP contribution in [0.3, 0.4) is 0 Å². The maximum atomic E-state index is 10.5. The summed E-state index contributed by atoms with van der Waals surface area (Å²) < 4.78 is 31.5. The molecule has 1 atom stereocenters. The lowest BCUT2D eigenvalue weighted by Gasteiger charge is -2.14. The van der Waals surface area contributed by atoms with Gasteiger partial charge in [0.25, 0.3) is 0 Å². The standard InChI is InChI=1S/C16H35NO3S/c1-3-4-5-6-7-8-9-10-11-12-14-17(2)15-13-16-21(18,19)20/h3-16H2,1-2H3,(H,18,19,20). The second kappa shape index (κ2) is 13.5. The van der Waals surface area contributed by atoms with Crippen molar-refractivity contribution in [2.75, 3.05) is 25.9 Å². The molecule has 0 heterocycles. The molecule has 0 rings (SSSR count). The van der Waals surface area contributed by atoms with Crippen molar-refractivity contribution < 1.29 is 17.9 Å². The Bertz CT molecular complexity index is 317. The van der Waals surface area contributed by atoms with Gasteiger partial charge >= 0.3 is 0 Å². The molecule has 5 heteroatoms. The summed E-state index contributed by atoms with van der Waals surface area (Å²) in [6.07, 6.45) is 13.8. The molecule has 0 fully saturated rings. The van der Waals surface area contributed by atoms with E-state index in [9.17, 15) is 13.0 Å². The zero-order valence-corrected chi connectivity index (χ0v) is 14.8. The van der Waals surface area contributed by atoms with Crippen molar-refractivity contribution >= 4 is 10.1 Å². The number of nitrogens with one attached hydrogen (secondary N) is 1. The van der Waals surface area contributed by atoms with Gasteiger partial charge in [0.15, 0.2) is 0 Å². The summed E-state index contributed by atoms with van der Waals surface area (Å²) in [7, 11) is -1.95. The highest BCUT2D eigenvalue weighted by Gasteiger charge is 2.03. The second-order valence-electron chi connectivity index (χ2n) is 6.25. The van der Waals surface area contributed by atoms with E-state index in [1.54, 1.807) is 0 Å². The lowest BCUT2D eigenvalue weighted by atomic mass is 10.1. The number of quaternary nitrogens is 1. The molecule has 4 nitrogen and oxygen atoms in total. The Morgan fingerprint density at radius 1 is 0.762 bits per heavy atom. The van der Waals surface area contributed by atoms with Crippen LogP contribution in [0.1, 0.15) is 77.6 Å². The Balaban J connectivity index is 3.23. The van der Waals surface area contributed by atoms with Gasteiger partial charge in [0.05, 0.1) is 30.3 Å². The molecule has 0 aliphatic rings. The van der Waals surface area contributed by atoms with Gasteiger partial charge in [-0.05, 0) is 12.8 Å². The maximum absolute atomic E-state index is 10.5. The Morgan fingerprint density at radius 2 is 1.19 bits per heavy atom. The van der Waals surface area contributed by atoms with Crippen LogP contribution in [-0.2, 0) is 10.1 Å². The van der Waals surface area contributed by atoms with Crippen molar-refractivity contribution in [1.82, 2.24) is 0 Å². The Kier molecular flexibility index (Phi) is 13.4. The SMILES string of the molecule is CCCCCCCCCCCC[NH+](C)CCCS(=O)(=O)[O-]. The van der Waals surface area contributed by atoms with E-state index in [0.717, 1.165) is 13.1 Å². The van der Waals surface area contributed by atoms with Gasteiger partial charge in [0, 0.05) is 12.2 Å². The molecule has 0 saturated heterocycles. The maximum Gasteiger partial charge on any atom is 0.0948 e. The predicted molar refractivity (Wildman–Crippen MR) is 87.6 cm³/mol. The van der Waals surface area contributed by atoms with E-state index in [0.29, 0.717) is 6.42 Å². The highest BCUT2D eigenvalue weighted by molar-refractivity contribution is 7.85. The molecule has 0 spiro atoms. The molecule has 0 radical (unpaired) electrons. The fourth-order valence-electron chi connectivity index (χ4n) is 2.59. The zero-order valence-electron chi connectivity index (χ0n) is 14.0. The molecule has 0 bridgehead atoms. The van der Waals surface area contributed by atoms with Gasteiger partial charge in [0.2, 0.25) is 0 Å². The molecule has 0 aromatic heterocycles. The first-order chi connectivity index (χ1) is 9.95. The molecule has 0 aromatic rings. The molecule has 0 amide bonds. The lowest BCUT2D eigenvalue weighted by molar-refractivity contribution is -0.879. The molecule has 0 aliphatic carbocycles. The summed E-state index contributed by atoms with van der Waals surface area (Å²) in [6, 6.07) is 0. The fourth-order valence-corrected chi connectivity index (χ4v) is 3.09. The quantitative estimate of drug-likeness (QED) is 0.372. The van der Waals surface area contributed by atoms with E-state index in [1.807, 2.05) is 0 Å². The summed E-state index contributed by atoms with van der Waals surface area (Å²) in [5, 5.41) is 0. The van der Waals surface area contributed by atoms with Gasteiger partial charge in [-0.15, -0.1) is 0 Å². The molecular weight excluding hydrogens is 286 g/mol. The third kappa shape index (κ3) is 17.8. The third-order valence-corrected chi connectivity index (χ3v) is 4.74. The third-order valence-electron chi connectivity index (χ3n) is 3.95. The summed E-state index contributed by atoms with van der Waals surface area (Å²) in [5.74, 6) is -0.220. The van der Waals surface area contributed by atoms with Crippen molar-refractivity contribution in [1.29, 1.82) is 0 Å². The van der Waals surface area contributed by atoms with Gasteiger partial charge < -0.3 is 9.45 Å². The topological polar surface area (TPSA) is 61.6 Å². The summed E-state index contributed by atoms with van der Waals surface area (Å²) >= 11 is 0. The average molecular weight is 322 g/mol. The molecule has 1 unspecified atom stereocenters. The number of hydrogen-bond donors (Lipinski definition) is 1. The molecular formula is C16H35NO3S. The van der Waals surface area contributed by atoms with Crippen LogP contribution >= 0.6 is 0 Å². The second-order valence-corrected chi connectivity index (χ2v) is 7.78. The largest absolute Gasteiger partial charge is 0.748 e. The summed E-state index contributed by atoms with van der Waals surface area (Å²) in [5.41, 5.74) is 0. The van der Waals surface area contributed by atoms with Gasteiger partial charge in [-0.1, -0.05) is 58.3 Å². The molecule has 128 valence electrons. The Hall–Kier alpha value is -0.130. The Morgan fingerprint density at radius 3 is 1.67 bits per heavy atom. The zero-order chi connectivity index (χ0) is 16.0. The monoisotopic (exact) mass is 321 g/mol. The van der Waals surface area contributed by atoms with Gasteiger partial charge in [-0.3, -0.25) is 0 Å². The first-order valence-electron chi connectivity index (χ1n) is 8.70. The van der Waals surface area contributed by atoms with Crippen LogP contribution in [-0.4, -0.2) is 38.9 Å². The highest BCUT2D eigenvalue weighted by Crippen LogP contribution is 2.09. The summed E-state index contributed by atoms with van der Waals surface area (Å²) in [6.45, 7) is 4.10. The van der Waals surface area contributed by atoms with Crippen LogP contribution in [0.25, 0.3) is 0 Å². The number of rotatable bonds is 15. The molecule has 0 saturated carbocycles. The van der Waals surface area contributed by atoms with E-state index in [1.165, 1.54) is 69.1 Å². The van der Waals surface area contributed by atoms with Crippen molar-refractivity contribution in [2.45, 2.75) is 77.6 Å². The molecule has 0 aromatic carbocycles. The van der Waals surface area contributed by atoms with Crippen molar-refractivity contribution in [3.63, 3.8) is 0 Å². The van der Waals surface area contributed by atoms with Gasteiger partial charge in [-0.25, -0.2) is 8.42 Å². The van der Waals surface area contributed by atoms with Crippen molar-refractivity contribution in [3.8, 4) is 0 Å². The number of unbranched alkanes of at least 4 members (excludes halogenated alkanes) is 9. The van der Waals surface area contributed by atoms with E-state index in [4.69, 9.17) is 0 Å². The minimum atomic E-state index is -4.03. The van der Waals surface area contributed by atoms with Crippen LogP contribution in [0.15, 0.2) is 0 Å². The van der Waals surface area contributed by atoms with Crippen LogP contribution in [0.2, 0.25) is 0 Å². The van der Waals surface area contributed by atoms with E-state index >= 15 is 0 Å². The smallest absolute Gasteiger partial charge is 0.0948 e. The summed E-state index contributed by atoms with van der Waals surface area (Å²) in [4.78, 5) is 1.33. The van der Waals surface area contributed by atoms with E-state index < -0.39 is 10.1 Å². The number of hydrogen-bond acceptors (Lipinski definition) is 3. The molecule has 21 heavy (non-hydrogen) atoms. The van der Waals surface area contributed by atoms with Crippen LogP contribution in [0, 0.1) is 0 Å². The molecule has 0 aliphatic heterocycles. The van der Waals surface area contributed by atoms with Crippen molar-refractivity contribution in [2.24, 2.45) is 0 Å². The normalized spacial score (nSPS) is 13.5. The van der Waals surface area contributed by atoms with Crippen LogP contribution < -0.4 is 4.90 Å². The first-order valence-corrected chi connectivity index (χ1v) is 10.3. The van der Waals surface area contributed by atoms with Crippen LogP contribution in [0.5, 0.6) is 0 Å². The van der Waals surface area contributed by atoms with Gasteiger partial charge in [-0.2, -0.15) is 0 Å². The minimum Gasteiger partial charge on any atom is -0.748 e. The highest BCUT2D eigenvalue weighted by atomic mass is 32.2. The Labute approximate surface area is 132 Å². The van der Waals surface area contributed by atoms with E-state index in [2.05, 4.69) is 14.0 Å². The van der Waals surface area contributed by atoms with E-state index in [-0.39, 0.29) is 5.75 Å². The average Bonchev–Trinajstić information content (AvgIpc) is 2.39. The molecule has 1 N–H and O–H groups in total. The predicted octanol–water partition coefficient (Wildman–Crippen LogP) is 2.36. The minimum absolute atomic E-state index is 0.220.